The van der Waals surface area contributed by atoms with E-state index in [9.17, 15) is 4.79 Å². The first kappa shape index (κ1) is 9.15. The van der Waals surface area contributed by atoms with E-state index in [1.807, 2.05) is 30.1 Å². The summed E-state index contributed by atoms with van der Waals surface area (Å²) in [6.07, 6.45) is 1.71. The van der Waals surface area contributed by atoms with Gasteiger partial charge in [-0.1, -0.05) is 6.07 Å². The van der Waals surface area contributed by atoms with Crippen LogP contribution in [-0.4, -0.2) is 35.9 Å². The molecule has 1 unspecified atom stereocenters. The van der Waals surface area contributed by atoms with E-state index in [2.05, 4.69) is 10.3 Å². The first-order valence-electron chi connectivity index (χ1n) is 4.68. The SMILES string of the molecule is CN1CCNC(=O)C1c1ccccn1. The zero-order chi connectivity index (χ0) is 9.97. The fourth-order valence-corrected chi connectivity index (χ4v) is 1.68. The molecule has 2 heterocycles. The summed E-state index contributed by atoms with van der Waals surface area (Å²) >= 11 is 0. The van der Waals surface area contributed by atoms with Crippen LogP contribution in [0.5, 0.6) is 0 Å². The highest BCUT2D eigenvalue weighted by molar-refractivity contribution is 5.83. The summed E-state index contributed by atoms with van der Waals surface area (Å²) in [6, 6.07) is 5.40. The van der Waals surface area contributed by atoms with Crippen LogP contribution in [0.2, 0.25) is 0 Å². The van der Waals surface area contributed by atoms with Crippen molar-refractivity contribution in [1.82, 2.24) is 15.2 Å². The lowest BCUT2D eigenvalue weighted by Gasteiger charge is -2.31. The van der Waals surface area contributed by atoms with Gasteiger partial charge in [0.1, 0.15) is 6.04 Å². The Morgan fingerprint density at radius 1 is 1.57 bits per heavy atom. The Hall–Kier alpha value is -1.42. The number of carbonyl (C=O) groups is 1. The molecule has 0 spiro atoms. The highest BCUT2D eigenvalue weighted by Gasteiger charge is 2.28. The lowest BCUT2D eigenvalue weighted by Crippen LogP contribution is -2.48. The highest BCUT2D eigenvalue weighted by atomic mass is 16.2. The first-order chi connectivity index (χ1) is 6.79. The van der Waals surface area contributed by atoms with Crippen molar-refractivity contribution in [1.29, 1.82) is 0 Å². The van der Waals surface area contributed by atoms with E-state index >= 15 is 0 Å². The van der Waals surface area contributed by atoms with Gasteiger partial charge in [-0.25, -0.2) is 0 Å². The highest BCUT2D eigenvalue weighted by Crippen LogP contribution is 2.18. The Balaban J connectivity index is 2.27. The van der Waals surface area contributed by atoms with Crippen molar-refractivity contribution in [2.24, 2.45) is 0 Å². The van der Waals surface area contributed by atoms with E-state index in [0.717, 1.165) is 18.8 Å². The predicted molar refractivity (Wildman–Crippen MR) is 52.6 cm³/mol. The minimum atomic E-state index is -0.232. The molecule has 0 radical (unpaired) electrons. The number of aromatic nitrogens is 1. The molecule has 1 saturated heterocycles. The van der Waals surface area contributed by atoms with Gasteiger partial charge in [-0.15, -0.1) is 0 Å². The van der Waals surface area contributed by atoms with Gasteiger partial charge in [-0.2, -0.15) is 0 Å². The monoisotopic (exact) mass is 191 g/mol. The van der Waals surface area contributed by atoms with E-state index in [1.54, 1.807) is 6.20 Å². The van der Waals surface area contributed by atoms with Gasteiger partial charge in [0.05, 0.1) is 5.69 Å². The average molecular weight is 191 g/mol. The van der Waals surface area contributed by atoms with Crippen molar-refractivity contribution in [3.63, 3.8) is 0 Å². The number of nitrogens with one attached hydrogen (secondary N) is 1. The summed E-state index contributed by atoms with van der Waals surface area (Å²) < 4.78 is 0. The minimum absolute atomic E-state index is 0.0393. The lowest BCUT2D eigenvalue weighted by molar-refractivity contribution is -0.128. The van der Waals surface area contributed by atoms with Crippen LogP contribution in [0.1, 0.15) is 11.7 Å². The minimum Gasteiger partial charge on any atom is -0.353 e. The van der Waals surface area contributed by atoms with E-state index in [1.165, 1.54) is 0 Å². The molecule has 1 aliphatic rings. The molecule has 1 N–H and O–H groups in total. The first-order valence-corrected chi connectivity index (χ1v) is 4.68. The molecular formula is C10H13N3O. The van der Waals surface area contributed by atoms with Crippen molar-refractivity contribution >= 4 is 5.91 Å². The van der Waals surface area contributed by atoms with Gasteiger partial charge in [-0.05, 0) is 19.2 Å². The molecule has 14 heavy (non-hydrogen) atoms. The maximum atomic E-state index is 11.6. The van der Waals surface area contributed by atoms with Crippen LogP contribution >= 0.6 is 0 Å². The number of rotatable bonds is 1. The number of nitrogens with zero attached hydrogens (tertiary/aromatic N) is 2. The maximum absolute atomic E-state index is 11.6. The fourth-order valence-electron chi connectivity index (χ4n) is 1.68. The van der Waals surface area contributed by atoms with Gasteiger partial charge < -0.3 is 5.32 Å². The van der Waals surface area contributed by atoms with Crippen molar-refractivity contribution in [2.45, 2.75) is 6.04 Å². The molecule has 1 amide bonds. The van der Waals surface area contributed by atoms with Crippen LogP contribution in [0.3, 0.4) is 0 Å². The summed E-state index contributed by atoms with van der Waals surface area (Å²) in [6.45, 7) is 1.59. The van der Waals surface area contributed by atoms with E-state index in [-0.39, 0.29) is 11.9 Å². The Morgan fingerprint density at radius 2 is 2.43 bits per heavy atom. The third-order valence-electron chi connectivity index (χ3n) is 2.42. The van der Waals surface area contributed by atoms with Gasteiger partial charge in [0.25, 0.3) is 0 Å². The van der Waals surface area contributed by atoms with Crippen LogP contribution in [0.25, 0.3) is 0 Å². The fraction of sp³-hybridized carbons (Fsp3) is 0.400. The van der Waals surface area contributed by atoms with Gasteiger partial charge in [0, 0.05) is 19.3 Å². The van der Waals surface area contributed by atoms with Crippen molar-refractivity contribution < 1.29 is 4.79 Å². The number of hydrogen-bond donors (Lipinski definition) is 1. The Bertz CT molecular complexity index is 325. The van der Waals surface area contributed by atoms with Gasteiger partial charge in [0.2, 0.25) is 5.91 Å². The number of hydrogen-bond acceptors (Lipinski definition) is 3. The molecule has 0 aliphatic carbocycles. The van der Waals surface area contributed by atoms with Crippen LogP contribution in [0.4, 0.5) is 0 Å². The van der Waals surface area contributed by atoms with Crippen molar-refractivity contribution in [3.05, 3.63) is 30.1 Å². The predicted octanol–water partition coefficient (Wildman–Crippen LogP) is 0.184. The second kappa shape index (κ2) is 3.75. The number of piperazine rings is 1. The molecule has 0 saturated carbocycles. The normalized spacial score (nSPS) is 23.2. The molecule has 0 bridgehead atoms. The molecule has 1 aromatic heterocycles. The second-order valence-corrected chi connectivity index (χ2v) is 3.43. The molecule has 4 nitrogen and oxygen atoms in total. The Labute approximate surface area is 82.9 Å². The van der Waals surface area contributed by atoms with Gasteiger partial charge in [-0.3, -0.25) is 14.7 Å². The lowest BCUT2D eigenvalue weighted by atomic mass is 10.1. The Morgan fingerprint density at radius 3 is 3.07 bits per heavy atom. The smallest absolute Gasteiger partial charge is 0.243 e. The van der Waals surface area contributed by atoms with Gasteiger partial charge >= 0.3 is 0 Å². The standard InChI is InChI=1S/C10H13N3O/c1-13-7-6-12-10(14)9(13)8-4-2-3-5-11-8/h2-5,9H,6-7H2,1H3,(H,12,14). The molecule has 2 rings (SSSR count). The molecule has 1 fully saturated rings. The zero-order valence-electron chi connectivity index (χ0n) is 8.10. The van der Waals surface area contributed by atoms with Crippen LogP contribution in [-0.2, 0) is 4.79 Å². The summed E-state index contributed by atoms with van der Waals surface area (Å²) in [5.41, 5.74) is 0.812. The van der Waals surface area contributed by atoms with Crippen LogP contribution in [0.15, 0.2) is 24.4 Å². The zero-order valence-corrected chi connectivity index (χ0v) is 8.10. The van der Waals surface area contributed by atoms with E-state index in [0.29, 0.717) is 0 Å². The number of carbonyl (C=O) groups excluding carboxylic acids is 1. The molecule has 1 atom stereocenters. The number of pyridine rings is 1. The van der Waals surface area contributed by atoms with Crippen LogP contribution in [0, 0.1) is 0 Å². The molecular weight excluding hydrogens is 178 g/mol. The van der Waals surface area contributed by atoms with Gasteiger partial charge in [0.15, 0.2) is 0 Å². The molecule has 4 heteroatoms. The molecule has 1 aromatic rings. The molecule has 1 aliphatic heterocycles. The maximum Gasteiger partial charge on any atom is 0.243 e. The summed E-state index contributed by atoms with van der Waals surface area (Å²) in [7, 11) is 1.94. The van der Waals surface area contributed by atoms with Crippen molar-refractivity contribution in [2.75, 3.05) is 20.1 Å². The van der Waals surface area contributed by atoms with Crippen LogP contribution < -0.4 is 5.32 Å². The number of likely N-dealkylation sites (N-methyl/N-ethyl adjacent to an activating group) is 1. The largest absolute Gasteiger partial charge is 0.353 e. The second-order valence-electron chi connectivity index (χ2n) is 3.43. The third kappa shape index (κ3) is 1.61. The van der Waals surface area contributed by atoms with E-state index < -0.39 is 0 Å². The van der Waals surface area contributed by atoms with E-state index in [4.69, 9.17) is 0 Å². The third-order valence-corrected chi connectivity index (χ3v) is 2.42. The average Bonchev–Trinajstić information content (AvgIpc) is 2.19. The summed E-state index contributed by atoms with van der Waals surface area (Å²) in [5.74, 6) is 0.0393. The Kier molecular flexibility index (Phi) is 2.45. The quantitative estimate of drug-likeness (QED) is 0.689. The molecule has 74 valence electrons. The van der Waals surface area contributed by atoms with Crippen molar-refractivity contribution in [3.8, 4) is 0 Å². The summed E-state index contributed by atoms with van der Waals surface area (Å²) in [4.78, 5) is 17.8. The topological polar surface area (TPSA) is 45.2 Å². The summed E-state index contributed by atoms with van der Waals surface area (Å²) in [5, 5.41) is 2.84. The molecule has 0 aromatic carbocycles. The number of amides is 1.